The maximum Gasteiger partial charge on any atom is 0.345 e. The zero-order valence-corrected chi connectivity index (χ0v) is 6.23. The lowest BCUT2D eigenvalue weighted by Crippen LogP contribution is -2.38. The zero-order chi connectivity index (χ0) is 7.78. The minimum Gasteiger partial charge on any atom is -0.320 e. The van der Waals surface area contributed by atoms with Gasteiger partial charge >= 0.3 is 6.61 Å². The van der Waals surface area contributed by atoms with Gasteiger partial charge in [-0.05, 0) is 18.3 Å². The molecule has 60 valence electrons. The third-order valence-corrected chi connectivity index (χ3v) is 1.86. The van der Waals surface area contributed by atoms with Crippen molar-refractivity contribution in [2.45, 2.75) is 39.4 Å². The predicted molar refractivity (Wildman–Crippen MR) is 33.9 cm³/mol. The molecule has 0 spiro atoms. The van der Waals surface area contributed by atoms with Gasteiger partial charge in [0.1, 0.15) is 0 Å². The molecule has 0 N–H and O–H groups in total. The van der Waals surface area contributed by atoms with Crippen LogP contribution in [-0.4, -0.2) is 12.7 Å². The number of hydrogen-bond acceptors (Lipinski definition) is 1. The number of alkyl halides is 2. The van der Waals surface area contributed by atoms with Crippen molar-refractivity contribution in [3.8, 4) is 0 Å². The van der Waals surface area contributed by atoms with Gasteiger partial charge in [-0.1, -0.05) is 13.8 Å². The third-order valence-electron chi connectivity index (χ3n) is 1.86. The fourth-order valence-electron chi connectivity index (χ4n) is 1.41. The number of rotatable bonds is 2. The Morgan fingerprint density at radius 1 is 1.40 bits per heavy atom. The van der Waals surface area contributed by atoms with E-state index >= 15 is 0 Å². The molecule has 0 aromatic heterocycles. The van der Waals surface area contributed by atoms with Crippen LogP contribution < -0.4 is 0 Å². The van der Waals surface area contributed by atoms with Crippen LogP contribution in [0.2, 0.25) is 0 Å². The monoisotopic (exact) mass is 150 g/mol. The highest BCUT2D eigenvalue weighted by molar-refractivity contribution is 4.87. The van der Waals surface area contributed by atoms with Gasteiger partial charge in [0.2, 0.25) is 0 Å². The van der Waals surface area contributed by atoms with Crippen LogP contribution in [-0.2, 0) is 4.74 Å². The second-order valence-electron chi connectivity index (χ2n) is 3.59. The molecule has 1 rings (SSSR count). The minimum atomic E-state index is -2.60. The first kappa shape index (κ1) is 7.92. The van der Waals surface area contributed by atoms with E-state index in [4.69, 9.17) is 0 Å². The summed E-state index contributed by atoms with van der Waals surface area (Å²) in [6.45, 7) is 1.51. The molecule has 0 atom stereocenters. The van der Waals surface area contributed by atoms with Gasteiger partial charge in [-0.25, -0.2) is 0 Å². The lowest BCUT2D eigenvalue weighted by atomic mass is 9.70. The van der Waals surface area contributed by atoms with Crippen molar-refractivity contribution in [3.63, 3.8) is 0 Å². The average molecular weight is 150 g/mol. The lowest BCUT2D eigenvalue weighted by molar-refractivity contribution is -0.202. The summed E-state index contributed by atoms with van der Waals surface area (Å²) in [5.41, 5.74) is 0.222. The fraction of sp³-hybridized carbons (Fsp3) is 1.00. The standard InChI is InChI=1S/C7H12F2O/c1-7(2)3-5(4-7)10-6(8)9/h5-6H,3-4H2,1-2H3. The quantitative estimate of drug-likeness (QED) is 0.587. The summed E-state index contributed by atoms with van der Waals surface area (Å²) in [5.74, 6) is 0. The van der Waals surface area contributed by atoms with E-state index in [9.17, 15) is 8.78 Å². The molecular formula is C7H12F2O. The first-order chi connectivity index (χ1) is 4.49. The van der Waals surface area contributed by atoms with Crippen LogP contribution in [0.5, 0.6) is 0 Å². The largest absolute Gasteiger partial charge is 0.345 e. The summed E-state index contributed by atoms with van der Waals surface area (Å²) in [5, 5.41) is 0. The van der Waals surface area contributed by atoms with Gasteiger partial charge in [0.15, 0.2) is 0 Å². The highest BCUT2D eigenvalue weighted by atomic mass is 19.3. The molecule has 1 fully saturated rings. The Bertz CT molecular complexity index is 112. The number of halogens is 2. The molecule has 0 radical (unpaired) electrons. The topological polar surface area (TPSA) is 9.23 Å². The van der Waals surface area contributed by atoms with E-state index in [0.717, 1.165) is 12.8 Å². The van der Waals surface area contributed by atoms with Crippen LogP contribution in [0.1, 0.15) is 26.7 Å². The Morgan fingerprint density at radius 2 is 1.90 bits per heavy atom. The Morgan fingerprint density at radius 3 is 2.20 bits per heavy atom. The van der Waals surface area contributed by atoms with Crippen molar-refractivity contribution >= 4 is 0 Å². The van der Waals surface area contributed by atoms with E-state index in [0.29, 0.717) is 0 Å². The van der Waals surface area contributed by atoms with Crippen LogP contribution in [0, 0.1) is 5.41 Å². The summed E-state index contributed by atoms with van der Waals surface area (Å²) in [4.78, 5) is 0. The number of hydrogen-bond donors (Lipinski definition) is 0. The molecule has 10 heavy (non-hydrogen) atoms. The average Bonchev–Trinajstić information content (AvgIpc) is 1.57. The van der Waals surface area contributed by atoms with E-state index in [-0.39, 0.29) is 11.5 Å². The maximum absolute atomic E-state index is 11.5. The SMILES string of the molecule is CC1(C)CC(OC(F)F)C1. The van der Waals surface area contributed by atoms with Gasteiger partial charge in [0, 0.05) is 0 Å². The first-order valence-corrected chi connectivity index (χ1v) is 3.43. The van der Waals surface area contributed by atoms with Gasteiger partial charge in [-0.3, -0.25) is 0 Å². The van der Waals surface area contributed by atoms with Crippen LogP contribution in [0.15, 0.2) is 0 Å². The van der Waals surface area contributed by atoms with Gasteiger partial charge in [-0.15, -0.1) is 0 Å². The zero-order valence-electron chi connectivity index (χ0n) is 6.23. The molecule has 1 aliphatic carbocycles. The van der Waals surface area contributed by atoms with E-state index in [1.54, 1.807) is 0 Å². The molecule has 3 heteroatoms. The molecular weight excluding hydrogens is 138 g/mol. The smallest absolute Gasteiger partial charge is 0.320 e. The summed E-state index contributed by atoms with van der Waals surface area (Å²) in [7, 11) is 0. The Hall–Kier alpha value is -0.180. The van der Waals surface area contributed by atoms with Crippen molar-refractivity contribution in [2.75, 3.05) is 0 Å². The van der Waals surface area contributed by atoms with Crippen molar-refractivity contribution < 1.29 is 13.5 Å². The second-order valence-corrected chi connectivity index (χ2v) is 3.59. The predicted octanol–water partition coefficient (Wildman–Crippen LogP) is 2.41. The molecule has 1 nitrogen and oxygen atoms in total. The molecule has 0 amide bonds. The molecule has 0 aromatic rings. The maximum atomic E-state index is 11.5. The van der Waals surface area contributed by atoms with Gasteiger partial charge in [-0.2, -0.15) is 8.78 Å². The normalized spacial score (nSPS) is 24.9. The van der Waals surface area contributed by atoms with Crippen LogP contribution in [0.25, 0.3) is 0 Å². The Labute approximate surface area is 59.4 Å². The second kappa shape index (κ2) is 2.46. The van der Waals surface area contributed by atoms with Crippen LogP contribution in [0.4, 0.5) is 8.78 Å². The first-order valence-electron chi connectivity index (χ1n) is 3.43. The molecule has 0 bridgehead atoms. The third kappa shape index (κ3) is 1.90. The lowest BCUT2D eigenvalue weighted by Gasteiger charge is -2.41. The van der Waals surface area contributed by atoms with Crippen molar-refractivity contribution in [1.82, 2.24) is 0 Å². The van der Waals surface area contributed by atoms with Crippen molar-refractivity contribution in [2.24, 2.45) is 5.41 Å². The van der Waals surface area contributed by atoms with Gasteiger partial charge < -0.3 is 4.74 Å². The summed E-state index contributed by atoms with van der Waals surface area (Å²) in [6, 6.07) is 0. The summed E-state index contributed by atoms with van der Waals surface area (Å²) >= 11 is 0. The van der Waals surface area contributed by atoms with E-state index in [2.05, 4.69) is 18.6 Å². The highest BCUT2D eigenvalue weighted by Gasteiger charge is 2.38. The van der Waals surface area contributed by atoms with Crippen molar-refractivity contribution in [1.29, 1.82) is 0 Å². The fourth-order valence-corrected chi connectivity index (χ4v) is 1.41. The van der Waals surface area contributed by atoms with Crippen LogP contribution in [0.3, 0.4) is 0 Å². The summed E-state index contributed by atoms with van der Waals surface area (Å²) in [6.07, 6.45) is 1.32. The van der Waals surface area contributed by atoms with Gasteiger partial charge in [0.05, 0.1) is 6.10 Å². The minimum absolute atomic E-state index is 0.199. The van der Waals surface area contributed by atoms with E-state index in [1.165, 1.54) is 0 Å². The Kier molecular flexibility index (Phi) is 1.95. The number of ether oxygens (including phenoxy) is 1. The molecule has 0 unspecified atom stereocenters. The van der Waals surface area contributed by atoms with Gasteiger partial charge in [0.25, 0.3) is 0 Å². The molecule has 1 saturated carbocycles. The Balaban J connectivity index is 2.15. The molecule has 0 aromatic carbocycles. The van der Waals surface area contributed by atoms with E-state index < -0.39 is 6.61 Å². The highest BCUT2D eigenvalue weighted by Crippen LogP contribution is 2.42. The van der Waals surface area contributed by atoms with Crippen LogP contribution >= 0.6 is 0 Å². The molecule has 0 aliphatic heterocycles. The van der Waals surface area contributed by atoms with E-state index in [1.807, 2.05) is 0 Å². The molecule has 0 saturated heterocycles. The molecule has 1 aliphatic rings. The summed E-state index contributed by atoms with van der Waals surface area (Å²) < 4.78 is 27.4. The van der Waals surface area contributed by atoms with Crippen molar-refractivity contribution in [3.05, 3.63) is 0 Å². The molecule has 0 heterocycles.